The molecule has 7 atom stereocenters. The quantitative estimate of drug-likeness (QED) is 0.242. The largest absolute Gasteiger partial charge is 0.463 e. The highest BCUT2D eigenvalue weighted by molar-refractivity contribution is 6.32. The van der Waals surface area contributed by atoms with Crippen LogP contribution in [0, 0.1) is 5.92 Å². The van der Waals surface area contributed by atoms with E-state index in [9.17, 15) is 28.8 Å². The van der Waals surface area contributed by atoms with Crippen molar-refractivity contribution in [1.82, 2.24) is 0 Å². The van der Waals surface area contributed by atoms with Crippen LogP contribution in [0.5, 0.6) is 0 Å². The number of allylic oxidation sites excluding steroid dienone is 2. The minimum Gasteiger partial charge on any atom is -0.463 e. The Kier molecular flexibility index (Phi) is 9.55. The Bertz CT molecular complexity index is 1670. The summed E-state index contributed by atoms with van der Waals surface area (Å²) in [5.74, 6) is -5.61. The zero-order chi connectivity index (χ0) is 33.3. The Hall–Kier alpha value is -4.61. The van der Waals surface area contributed by atoms with E-state index in [0.29, 0.717) is 10.6 Å². The van der Waals surface area contributed by atoms with Crippen molar-refractivity contribution in [3.05, 3.63) is 93.5 Å². The predicted molar refractivity (Wildman–Crippen MR) is 161 cm³/mol. The van der Waals surface area contributed by atoms with Crippen LogP contribution in [0.4, 0.5) is 0 Å². The number of hydrogen-bond donors (Lipinski definition) is 0. The average Bonchev–Trinajstić information content (AvgIpc) is 3.00. The number of halogens is 1. The number of fused-ring (bicyclic) bond motifs is 1. The van der Waals surface area contributed by atoms with Gasteiger partial charge >= 0.3 is 23.9 Å². The summed E-state index contributed by atoms with van der Waals surface area (Å²) in [5.41, 5.74) is 1.23. The molecule has 2 aromatic rings. The number of Topliss-reactive ketones (excluding diaryl/α,β-unsaturated/α-hetero) is 2. The van der Waals surface area contributed by atoms with Crippen molar-refractivity contribution in [2.75, 3.05) is 6.61 Å². The highest BCUT2D eigenvalue weighted by Gasteiger charge is 2.56. The summed E-state index contributed by atoms with van der Waals surface area (Å²) in [5, 5.41) is 0.383. The van der Waals surface area contributed by atoms with Gasteiger partial charge in [-0.25, -0.2) is 0 Å². The van der Waals surface area contributed by atoms with Crippen LogP contribution in [0.15, 0.2) is 71.8 Å². The van der Waals surface area contributed by atoms with Crippen LogP contribution >= 0.6 is 11.6 Å². The molecule has 5 rings (SSSR count). The SMILES string of the molecule is CC(=O)OC[C@H]1O[C@@H](C2C=CC(c3ccccc3Cl)C3=C2C(=O)c2ccccc2C3=O)[C@H](OC(C)=O)[C@@H](OC(C)=O)[C@@H]1OC(C)=O. The summed E-state index contributed by atoms with van der Waals surface area (Å²) >= 11 is 6.58. The molecule has 1 heterocycles. The van der Waals surface area contributed by atoms with Crippen LogP contribution < -0.4 is 0 Å². The first-order valence-corrected chi connectivity index (χ1v) is 14.9. The number of carbonyl (C=O) groups excluding carboxylic acids is 6. The van der Waals surface area contributed by atoms with Crippen molar-refractivity contribution < 1.29 is 52.5 Å². The van der Waals surface area contributed by atoms with Gasteiger partial charge in [0, 0.05) is 66.8 Å². The molecule has 2 aliphatic carbocycles. The maximum absolute atomic E-state index is 14.3. The van der Waals surface area contributed by atoms with Crippen molar-refractivity contribution >= 4 is 47.0 Å². The first-order valence-electron chi connectivity index (χ1n) is 14.5. The topological polar surface area (TPSA) is 149 Å². The standard InChI is InChI=1S/C34H31ClO11/c1-16(36)42-15-26-32(43-17(2)37)34(45-19(4)39)33(44-18(3)38)31(46-26)24-14-13-21(20-9-7-8-12-25(20)35)27-28(24)30(41)23-11-6-5-10-22(23)29(27)40/h5-14,21,24,26,31-34H,15H2,1-4H3/t21?,24?,26-,31+,32-,33+,34+/m1/s1. The molecule has 0 saturated carbocycles. The van der Waals surface area contributed by atoms with Crippen LogP contribution in [-0.4, -0.2) is 72.6 Å². The Balaban J connectivity index is 1.70. The summed E-state index contributed by atoms with van der Waals surface area (Å²) < 4.78 is 28.4. The lowest BCUT2D eigenvalue weighted by Crippen LogP contribution is -2.64. The molecule has 1 saturated heterocycles. The van der Waals surface area contributed by atoms with Crippen LogP contribution in [0.25, 0.3) is 0 Å². The van der Waals surface area contributed by atoms with Gasteiger partial charge in [0.15, 0.2) is 29.9 Å². The number of ketones is 2. The molecule has 11 nitrogen and oxygen atoms in total. The number of ether oxygens (including phenoxy) is 5. The highest BCUT2D eigenvalue weighted by Crippen LogP contribution is 2.47. The Morgan fingerprint density at radius 1 is 0.696 bits per heavy atom. The van der Waals surface area contributed by atoms with Crippen LogP contribution in [0.1, 0.15) is 59.9 Å². The first-order chi connectivity index (χ1) is 21.9. The lowest BCUT2D eigenvalue weighted by atomic mass is 9.67. The molecular weight excluding hydrogens is 620 g/mol. The fraction of sp³-hybridized carbons (Fsp3) is 0.353. The Morgan fingerprint density at radius 3 is 1.83 bits per heavy atom. The first kappa shape index (κ1) is 32.8. The number of hydrogen-bond acceptors (Lipinski definition) is 11. The van der Waals surface area contributed by atoms with Gasteiger partial charge < -0.3 is 23.7 Å². The molecule has 2 aromatic carbocycles. The molecule has 1 fully saturated rings. The van der Waals surface area contributed by atoms with E-state index in [1.54, 1.807) is 60.7 Å². The molecule has 12 heteroatoms. The van der Waals surface area contributed by atoms with Crippen molar-refractivity contribution in [2.24, 2.45) is 5.92 Å². The molecule has 0 radical (unpaired) electrons. The molecule has 0 spiro atoms. The molecule has 2 unspecified atom stereocenters. The van der Waals surface area contributed by atoms with Crippen LogP contribution in [-0.2, 0) is 42.9 Å². The second-order valence-corrected chi connectivity index (χ2v) is 11.5. The normalized spacial score (nSPS) is 26.8. The van der Waals surface area contributed by atoms with Gasteiger partial charge in [-0.1, -0.05) is 66.2 Å². The van der Waals surface area contributed by atoms with E-state index in [-0.39, 0.29) is 22.3 Å². The molecule has 3 aliphatic rings. The van der Waals surface area contributed by atoms with Gasteiger partial charge in [0.2, 0.25) is 0 Å². The van der Waals surface area contributed by atoms with E-state index in [2.05, 4.69) is 0 Å². The second-order valence-electron chi connectivity index (χ2n) is 11.1. The maximum atomic E-state index is 14.3. The molecule has 0 N–H and O–H groups in total. The van der Waals surface area contributed by atoms with E-state index in [4.69, 9.17) is 35.3 Å². The lowest BCUT2D eigenvalue weighted by molar-refractivity contribution is -0.256. The summed E-state index contributed by atoms with van der Waals surface area (Å²) in [6.45, 7) is 4.12. The van der Waals surface area contributed by atoms with Gasteiger partial charge in [-0.3, -0.25) is 28.8 Å². The third-order valence-corrected chi connectivity index (χ3v) is 8.32. The van der Waals surface area contributed by atoms with Gasteiger partial charge in [-0.05, 0) is 11.6 Å². The molecule has 0 bridgehead atoms. The summed E-state index contributed by atoms with van der Waals surface area (Å²) in [4.78, 5) is 77.4. The van der Waals surface area contributed by atoms with Gasteiger partial charge in [-0.15, -0.1) is 0 Å². The lowest BCUT2D eigenvalue weighted by Gasteiger charge is -2.47. The maximum Gasteiger partial charge on any atom is 0.303 e. The average molecular weight is 651 g/mol. The van der Waals surface area contributed by atoms with Crippen molar-refractivity contribution in [2.45, 2.75) is 64.1 Å². The van der Waals surface area contributed by atoms with Gasteiger partial charge in [0.1, 0.15) is 18.8 Å². The zero-order valence-corrected chi connectivity index (χ0v) is 26.1. The van der Waals surface area contributed by atoms with Gasteiger partial charge in [0.25, 0.3) is 0 Å². The monoisotopic (exact) mass is 650 g/mol. The zero-order valence-electron chi connectivity index (χ0n) is 25.4. The third-order valence-electron chi connectivity index (χ3n) is 7.97. The summed E-state index contributed by atoms with van der Waals surface area (Å²) in [6.07, 6.45) is -3.37. The fourth-order valence-corrected chi connectivity index (χ4v) is 6.54. The fourth-order valence-electron chi connectivity index (χ4n) is 6.29. The van der Waals surface area contributed by atoms with E-state index in [1.165, 1.54) is 6.92 Å². The minimum absolute atomic E-state index is 0.0806. The highest BCUT2D eigenvalue weighted by atomic mass is 35.5. The summed E-state index contributed by atoms with van der Waals surface area (Å²) in [7, 11) is 0. The predicted octanol–water partition coefficient (Wildman–Crippen LogP) is 4.11. The number of rotatable bonds is 7. The van der Waals surface area contributed by atoms with Gasteiger partial charge in [0.05, 0.1) is 0 Å². The number of esters is 4. The molecule has 240 valence electrons. The molecule has 0 aromatic heterocycles. The molecule has 46 heavy (non-hydrogen) atoms. The summed E-state index contributed by atoms with van der Waals surface area (Å²) in [6, 6.07) is 13.4. The Labute approximate surface area is 269 Å². The van der Waals surface area contributed by atoms with Crippen molar-refractivity contribution in [3.8, 4) is 0 Å². The van der Waals surface area contributed by atoms with E-state index < -0.39 is 84.4 Å². The minimum atomic E-state index is -1.44. The molecule has 0 amide bonds. The van der Waals surface area contributed by atoms with Crippen LogP contribution in [0.3, 0.4) is 0 Å². The van der Waals surface area contributed by atoms with E-state index >= 15 is 0 Å². The molecular formula is C34H31ClO11. The van der Waals surface area contributed by atoms with Gasteiger partial charge in [-0.2, -0.15) is 0 Å². The smallest absolute Gasteiger partial charge is 0.303 e. The van der Waals surface area contributed by atoms with E-state index in [0.717, 1.165) is 20.8 Å². The van der Waals surface area contributed by atoms with E-state index in [1.807, 2.05) is 0 Å². The molecule has 1 aliphatic heterocycles. The Morgan fingerprint density at radius 2 is 1.24 bits per heavy atom. The van der Waals surface area contributed by atoms with Crippen LogP contribution in [0.2, 0.25) is 5.02 Å². The number of benzene rings is 2. The van der Waals surface area contributed by atoms with Crippen molar-refractivity contribution in [1.29, 1.82) is 0 Å². The van der Waals surface area contributed by atoms with Crippen molar-refractivity contribution in [3.63, 3.8) is 0 Å². The number of carbonyl (C=O) groups is 6. The third kappa shape index (κ3) is 6.38. The second kappa shape index (κ2) is 13.4.